The van der Waals surface area contributed by atoms with Gasteiger partial charge in [-0.25, -0.2) is 0 Å². The van der Waals surface area contributed by atoms with Gasteiger partial charge in [-0.1, -0.05) is 18.2 Å². The second-order valence-electron chi connectivity index (χ2n) is 5.46. The summed E-state index contributed by atoms with van der Waals surface area (Å²) in [4.78, 5) is 0. The maximum absolute atomic E-state index is 6.45. The van der Waals surface area contributed by atoms with Gasteiger partial charge in [0.05, 0.1) is 19.3 Å². The summed E-state index contributed by atoms with van der Waals surface area (Å²) in [7, 11) is 1.65. The molecule has 20 heavy (non-hydrogen) atoms. The van der Waals surface area contributed by atoms with Crippen molar-refractivity contribution in [1.82, 2.24) is 9.78 Å². The van der Waals surface area contributed by atoms with Gasteiger partial charge < -0.3 is 10.5 Å². The van der Waals surface area contributed by atoms with E-state index in [9.17, 15) is 0 Å². The summed E-state index contributed by atoms with van der Waals surface area (Å²) in [6, 6.07) is 6.31. The van der Waals surface area contributed by atoms with Gasteiger partial charge in [-0.3, -0.25) is 4.68 Å². The van der Waals surface area contributed by atoms with Crippen LogP contribution in [0, 0.1) is 13.8 Å². The van der Waals surface area contributed by atoms with Crippen molar-refractivity contribution < 1.29 is 4.74 Å². The SMILES string of the molecule is COc1cnn(C(C)C)c1C(N)c1ccc(C)c(C)c1. The van der Waals surface area contributed by atoms with Crippen LogP contribution in [-0.4, -0.2) is 16.9 Å². The quantitative estimate of drug-likeness (QED) is 0.931. The second-order valence-corrected chi connectivity index (χ2v) is 5.46. The Hall–Kier alpha value is -1.81. The fourth-order valence-electron chi connectivity index (χ4n) is 2.34. The molecule has 1 atom stereocenters. The highest BCUT2D eigenvalue weighted by molar-refractivity contribution is 5.39. The zero-order valence-corrected chi connectivity index (χ0v) is 12.8. The number of aromatic nitrogens is 2. The van der Waals surface area contributed by atoms with Gasteiger partial charge in [-0.2, -0.15) is 5.10 Å². The van der Waals surface area contributed by atoms with Gasteiger partial charge >= 0.3 is 0 Å². The minimum Gasteiger partial charge on any atom is -0.493 e. The van der Waals surface area contributed by atoms with Crippen molar-refractivity contribution in [3.8, 4) is 5.75 Å². The van der Waals surface area contributed by atoms with Crippen LogP contribution in [0.2, 0.25) is 0 Å². The Morgan fingerprint density at radius 2 is 1.90 bits per heavy atom. The molecule has 4 heteroatoms. The number of methoxy groups -OCH3 is 1. The van der Waals surface area contributed by atoms with Crippen LogP contribution in [-0.2, 0) is 0 Å². The lowest BCUT2D eigenvalue weighted by Crippen LogP contribution is -2.19. The van der Waals surface area contributed by atoms with E-state index in [4.69, 9.17) is 10.5 Å². The third-order valence-corrected chi connectivity index (χ3v) is 3.69. The largest absolute Gasteiger partial charge is 0.493 e. The van der Waals surface area contributed by atoms with E-state index in [2.05, 4.69) is 51.0 Å². The van der Waals surface area contributed by atoms with Crippen molar-refractivity contribution in [2.45, 2.75) is 39.8 Å². The number of hydrogen-bond acceptors (Lipinski definition) is 3. The van der Waals surface area contributed by atoms with E-state index in [1.807, 2.05) is 4.68 Å². The van der Waals surface area contributed by atoms with Crippen molar-refractivity contribution in [3.05, 3.63) is 46.8 Å². The Kier molecular flexibility index (Phi) is 4.14. The predicted molar refractivity (Wildman–Crippen MR) is 81.1 cm³/mol. The van der Waals surface area contributed by atoms with Gasteiger partial charge in [0, 0.05) is 6.04 Å². The molecule has 0 saturated heterocycles. The number of benzene rings is 1. The minimum atomic E-state index is -0.242. The van der Waals surface area contributed by atoms with E-state index < -0.39 is 0 Å². The van der Waals surface area contributed by atoms with Crippen molar-refractivity contribution in [3.63, 3.8) is 0 Å². The minimum absolute atomic E-state index is 0.242. The maximum Gasteiger partial charge on any atom is 0.161 e. The predicted octanol–water partition coefficient (Wildman–Crippen LogP) is 3.14. The van der Waals surface area contributed by atoms with Gasteiger partial charge in [0.25, 0.3) is 0 Å². The number of rotatable bonds is 4. The summed E-state index contributed by atoms with van der Waals surface area (Å²) < 4.78 is 7.34. The summed E-state index contributed by atoms with van der Waals surface area (Å²) in [5, 5.41) is 4.38. The van der Waals surface area contributed by atoms with Crippen LogP contribution < -0.4 is 10.5 Å². The summed E-state index contributed by atoms with van der Waals surface area (Å²) in [5.74, 6) is 0.740. The Morgan fingerprint density at radius 1 is 1.20 bits per heavy atom. The highest BCUT2D eigenvalue weighted by atomic mass is 16.5. The molecule has 2 N–H and O–H groups in total. The van der Waals surface area contributed by atoms with E-state index in [1.165, 1.54) is 11.1 Å². The van der Waals surface area contributed by atoms with Crippen LogP contribution in [0.3, 0.4) is 0 Å². The molecule has 1 aromatic heterocycles. The van der Waals surface area contributed by atoms with E-state index in [-0.39, 0.29) is 12.1 Å². The Morgan fingerprint density at radius 3 is 2.45 bits per heavy atom. The van der Waals surface area contributed by atoms with Gasteiger partial charge in [0.15, 0.2) is 5.75 Å². The molecular formula is C16H23N3O. The Balaban J connectivity index is 2.49. The Bertz CT molecular complexity index is 602. The van der Waals surface area contributed by atoms with Crippen molar-refractivity contribution in [2.24, 2.45) is 5.73 Å². The summed E-state index contributed by atoms with van der Waals surface area (Å²) in [6.45, 7) is 8.37. The molecule has 0 aliphatic rings. The first-order valence-electron chi connectivity index (χ1n) is 6.89. The van der Waals surface area contributed by atoms with E-state index in [0.29, 0.717) is 0 Å². The molecule has 0 fully saturated rings. The molecule has 0 spiro atoms. The highest BCUT2D eigenvalue weighted by Crippen LogP contribution is 2.30. The molecule has 2 rings (SSSR count). The Labute approximate surface area is 120 Å². The van der Waals surface area contributed by atoms with Gasteiger partial charge in [-0.05, 0) is 44.4 Å². The van der Waals surface area contributed by atoms with Crippen LogP contribution in [0.4, 0.5) is 0 Å². The van der Waals surface area contributed by atoms with Crippen LogP contribution in [0.1, 0.15) is 48.3 Å². The first-order valence-corrected chi connectivity index (χ1v) is 6.89. The van der Waals surface area contributed by atoms with Crippen LogP contribution >= 0.6 is 0 Å². The zero-order valence-electron chi connectivity index (χ0n) is 12.8. The molecule has 0 radical (unpaired) electrons. The molecule has 1 unspecified atom stereocenters. The van der Waals surface area contributed by atoms with Gasteiger partial charge in [0.2, 0.25) is 0 Å². The van der Waals surface area contributed by atoms with Crippen LogP contribution in [0.15, 0.2) is 24.4 Å². The molecule has 0 aliphatic heterocycles. The summed E-state index contributed by atoms with van der Waals surface area (Å²) >= 11 is 0. The van der Waals surface area contributed by atoms with Crippen molar-refractivity contribution in [1.29, 1.82) is 0 Å². The number of hydrogen-bond donors (Lipinski definition) is 1. The lowest BCUT2D eigenvalue weighted by molar-refractivity contribution is 0.401. The van der Waals surface area contributed by atoms with Gasteiger partial charge in [-0.15, -0.1) is 0 Å². The zero-order chi connectivity index (χ0) is 14.9. The summed E-state index contributed by atoms with van der Waals surface area (Å²) in [5.41, 5.74) is 11.0. The molecule has 0 bridgehead atoms. The third-order valence-electron chi connectivity index (χ3n) is 3.69. The molecule has 1 heterocycles. The van der Waals surface area contributed by atoms with Crippen molar-refractivity contribution in [2.75, 3.05) is 7.11 Å². The monoisotopic (exact) mass is 273 g/mol. The maximum atomic E-state index is 6.45. The number of ether oxygens (including phenoxy) is 1. The lowest BCUT2D eigenvalue weighted by atomic mass is 9.99. The molecule has 4 nitrogen and oxygen atoms in total. The topological polar surface area (TPSA) is 53.1 Å². The van der Waals surface area contributed by atoms with E-state index in [1.54, 1.807) is 13.3 Å². The average Bonchev–Trinajstić information content (AvgIpc) is 2.85. The van der Waals surface area contributed by atoms with Crippen LogP contribution in [0.5, 0.6) is 5.75 Å². The second kappa shape index (κ2) is 5.67. The van der Waals surface area contributed by atoms with Gasteiger partial charge in [0.1, 0.15) is 5.69 Å². The van der Waals surface area contributed by atoms with E-state index in [0.717, 1.165) is 17.0 Å². The molecule has 0 saturated carbocycles. The molecule has 2 aromatic rings. The molecule has 1 aromatic carbocycles. The molecule has 108 valence electrons. The fraction of sp³-hybridized carbons (Fsp3) is 0.438. The fourth-order valence-corrected chi connectivity index (χ4v) is 2.34. The normalized spacial score (nSPS) is 12.8. The lowest BCUT2D eigenvalue weighted by Gasteiger charge is -2.19. The number of aryl methyl sites for hydroxylation is 2. The highest BCUT2D eigenvalue weighted by Gasteiger charge is 2.21. The standard InChI is InChI=1S/C16H23N3O/c1-10(2)19-16(14(20-5)9-18-19)15(17)13-7-6-11(3)12(4)8-13/h6-10,15H,17H2,1-5H3. The third kappa shape index (κ3) is 2.56. The van der Waals surface area contributed by atoms with E-state index >= 15 is 0 Å². The molecule has 0 aliphatic carbocycles. The first-order chi connectivity index (χ1) is 9.45. The smallest absolute Gasteiger partial charge is 0.161 e. The molecular weight excluding hydrogens is 250 g/mol. The first kappa shape index (κ1) is 14.6. The van der Waals surface area contributed by atoms with Crippen LogP contribution in [0.25, 0.3) is 0 Å². The summed E-state index contributed by atoms with van der Waals surface area (Å²) in [6.07, 6.45) is 1.73. The van der Waals surface area contributed by atoms with Crippen molar-refractivity contribution >= 4 is 0 Å². The average molecular weight is 273 g/mol. The molecule has 0 amide bonds. The number of nitrogens with two attached hydrogens (primary N) is 1. The number of nitrogens with zero attached hydrogens (tertiary/aromatic N) is 2.